The number of fused-ring (bicyclic) bond motifs is 1. The van der Waals surface area contributed by atoms with E-state index >= 15 is 0 Å². The van der Waals surface area contributed by atoms with Gasteiger partial charge in [-0.3, -0.25) is 0 Å². The molecule has 10 N–H and O–H groups in total. The van der Waals surface area contributed by atoms with Crippen LogP contribution in [0.5, 0.6) is 0 Å². The third-order valence-electron chi connectivity index (χ3n) is 9.69. The van der Waals surface area contributed by atoms with Gasteiger partial charge < -0.3 is 74.7 Å². The van der Waals surface area contributed by atoms with Crippen molar-refractivity contribution in [3.05, 3.63) is 0 Å². The Labute approximate surface area is 243 Å². The van der Waals surface area contributed by atoms with Crippen LogP contribution in [-0.2, 0) is 23.7 Å². The van der Waals surface area contributed by atoms with Gasteiger partial charge in [0, 0.05) is 0 Å². The Morgan fingerprint density at radius 2 is 1.19 bits per heavy atom. The minimum Gasteiger partial charge on any atom is -0.394 e. The molecule has 8 unspecified atom stereocenters. The largest absolute Gasteiger partial charge is 0.394 e. The number of rotatable bonds is 7. The van der Waals surface area contributed by atoms with Crippen molar-refractivity contribution in [2.75, 3.05) is 13.2 Å². The van der Waals surface area contributed by atoms with Gasteiger partial charge in [0.25, 0.3) is 0 Å². The van der Waals surface area contributed by atoms with E-state index in [2.05, 4.69) is 0 Å². The highest BCUT2D eigenvalue weighted by atomic mass is 16.8. The van der Waals surface area contributed by atoms with Gasteiger partial charge in [-0.05, 0) is 56.8 Å². The van der Waals surface area contributed by atoms with E-state index in [1.54, 1.807) is 0 Å². The topological polar surface area (TPSA) is 248 Å². The Kier molecular flexibility index (Phi) is 10.8. The molecule has 3 heterocycles. The molecule has 0 aromatic carbocycles. The molecule has 0 aromatic rings. The lowest BCUT2D eigenvalue weighted by Crippen LogP contribution is -2.65. The molecule has 0 aromatic heterocycles. The predicted molar refractivity (Wildman–Crippen MR) is 137 cm³/mol. The standard InChI is InChI=1S/C27H46O15/c28-8-17-19(33)21(35)23(37)26(40-17)42-25-22(36)20(34)18(9-29)41-27(25)39-16-6-10-1-3-12(30)7-15(10)38-24(16)11-2-4-13(31)14(32)5-11/h10-37H,1-9H2/t10?,11?,12?,13?,14?,15?,16?,17-,18-,19-,20-,21+,22+,23-,24?,25-,26+,27-/m1/s1. The molecule has 244 valence electrons. The molecule has 0 amide bonds. The highest BCUT2D eigenvalue weighted by Crippen LogP contribution is 2.43. The Bertz CT molecular complexity index is 865. The number of aliphatic hydroxyl groups is 10. The van der Waals surface area contributed by atoms with Crippen molar-refractivity contribution in [1.82, 2.24) is 0 Å². The van der Waals surface area contributed by atoms with Crippen LogP contribution in [0.2, 0.25) is 0 Å². The second kappa shape index (κ2) is 13.8. The van der Waals surface area contributed by atoms with E-state index in [1.807, 2.05) is 0 Å². The van der Waals surface area contributed by atoms with Gasteiger partial charge >= 0.3 is 0 Å². The summed E-state index contributed by atoms with van der Waals surface area (Å²) in [5.74, 6) is -0.183. The van der Waals surface area contributed by atoms with Gasteiger partial charge in [-0.2, -0.15) is 0 Å². The Balaban J connectivity index is 1.38. The quantitative estimate of drug-likeness (QED) is 0.131. The summed E-state index contributed by atoms with van der Waals surface area (Å²) in [6.07, 6.45) is -16.1. The van der Waals surface area contributed by atoms with E-state index in [4.69, 9.17) is 23.7 Å². The Morgan fingerprint density at radius 3 is 1.86 bits per heavy atom. The third-order valence-corrected chi connectivity index (χ3v) is 9.69. The predicted octanol–water partition coefficient (Wildman–Crippen LogP) is -4.16. The normalized spacial score (nSPS) is 53.9. The minimum atomic E-state index is -1.79. The zero-order chi connectivity index (χ0) is 30.3. The highest BCUT2D eigenvalue weighted by Gasteiger charge is 2.53. The lowest BCUT2D eigenvalue weighted by molar-refractivity contribution is -0.378. The van der Waals surface area contributed by atoms with Crippen LogP contribution >= 0.6 is 0 Å². The van der Waals surface area contributed by atoms with Crippen molar-refractivity contribution in [3.8, 4) is 0 Å². The first kappa shape index (κ1) is 32.8. The van der Waals surface area contributed by atoms with Crippen LogP contribution in [-0.4, -0.2) is 162 Å². The van der Waals surface area contributed by atoms with E-state index in [0.717, 1.165) is 0 Å². The molecular formula is C27H46O15. The van der Waals surface area contributed by atoms with E-state index in [1.165, 1.54) is 0 Å². The summed E-state index contributed by atoms with van der Waals surface area (Å²) in [4.78, 5) is 0. The number of ether oxygens (including phenoxy) is 5. The summed E-state index contributed by atoms with van der Waals surface area (Å²) in [5.41, 5.74) is 0. The van der Waals surface area contributed by atoms with Crippen molar-refractivity contribution in [2.45, 2.75) is 143 Å². The number of aliphatic hydroxyl groups excluding tert-OH is 10. The molecule has 5 fully saturated rings. The van der Waals surface area contributed by atoms with Gasteiger partial charge in [0.2, 0.25) is 0 Å². The third kappa shape index (κ3) is 6.66. The highest BCUT2D eigenvalue weighted by molar-refractivity contribution is 4.98. The molecule has 0 bridgehead atoms. The monoisotopic (exact) mass is 610 g/mol. The molecule has 15 heteroatoms. The van der Waals surface area contributed by atoms with E-state index < -0.39 is 105 Å². The van der Waals surface area contributed by atoms with Crippen LogP contribution in [0.25, 0.3) is 0 Å². The molecule has 2 aliphatic carbocycles. The van der Waals surface area contributed by atoms with Crippen molar-refractivity contribution >= 4 is 0 Å². The van der Waals surface area contributed by atoms with Crippen molar-refractivity contribution in [2.24, 2.45) is 11.8 Å². The molecule has 5 rings (SSSR count). The molecule has 18 atom stereocenters. The summed E-state index contributed by atoms with van der Waals surface area (Å²) in [5, 5.41) is 103. The summed E-state index contributed by atoms with van der Waals surface area (Å²) in [7, 11) is 0. The first-order chi connectivity index (χ1) is 20.0. The average Bonchev–Trinajstić information content (AvgIpc) is 2.97. The number of hydrogen-bond acceptors (Lipinski definition) is 15. The second-order valence-corrected chi connectivity index (χ2v) is 12.5. The summed E-state index contributed by atoms with van der Waals surface area (Å²) >= 11 is 0. The van der Waals surface area contributed by atoms with Crippen LogP contribution < -0.4 is 0 Å². The SMILES string of the molecule is OC[C@H]1O[C@@H](O[C@H]2[C@H](OC3CC4CCC(O)CC4OC3C3CCC(O)C(O)C3)O[C@H](CO)[C@@H](O)[C@@H]2O)[C@H](O)[C@@H](O)[C@@H]1O. The fourth-order valence-electron chi connectivity index (χ4n) is 7.16. The first-order valence-corrected chi connectivity index (χ1v) is 15.0. The summed E-state index contributed by atoms with van der Waals surface area (Å²) in [6.45, 7) is -1.37. The van der Waals surface area contributed by atoms with Crippen molar-refractivity contribution in [1.29, 1.82) is 0 Å². The van der Waals surface area contributed by atoms with Crippen molar-refractivity contribution < 1.29 is 74.7 Å². The van der Waals surface area contributed by atoms with Crippen molar-refractivity contribution in [3.63, 3.8) is 0 Å². The lowest BCUT2D eigenvalue weighted by Gasteiger charge is -2.51. The van der Waals surface area contributed by atoms with Gasteiger partial charge in [0.05, 0.1) is 49.8 Å². The van der Waals surface area contributed by atoms with Crippen LogP contribution in [0, 0.1) is 11.8 Å². The molecule has 0 spiro atoms. The van der Waals surface area contributed by atoms with Gasteiger partial charge in [-0.25, -0.2) is 0 Å². The second-order valence-electron chi connectivity index (χ2n) is 12.5. The fraction of sp³-hybridized carbons (Fsp3) is 1.00. The van der Waals surface area contributed by atoms with E-state index in [0.29, 0.717) is 38.5 Å². The zero-order valence-electron chi connectivity index (χ0n) is 23.3. The maximum atomic E-state index is 11.0. The fourth-order valence-corrected chi connectivity index (χ4v) is 7.16. The molecule has 3 saturated heterocycles. The van der Waals surface area contributed by atoms with E-state index in [-0.39, 0.29) is 24.4 Å². The molecular weight excluding hydrogens is 564 g/mol. The Morgan fingerprint density at radius 1 is 0.548 bits per heavy atom. The van der Waals surface area contributed by atoms with Crippen LogP contribution in [0.4, 0.5) is 0 Å². The van der Waals surface area contributed by atoms with Crippen LogP contribution in [0.1, 0.15) is 44.9 Å². The van der Waals surface area contributed by atoms with Gasteiger partial charge in [0.15, 0.2) is 12.6 Å². The van der Waals surface area contributed by atoms with Crippen LogP contribution in [0.15, 0.2) is 0 Å². The van der Waals surface area contributed by atoms with Gasteiger partial charge in [-0.1, -0.05) is 0 Å². The Hall–Kier alpha value is -0.600. The lowest BCUT2D eigenvalue weighted by atomic mass is 9.73. The molecule has 2 saturated carbocycles. The molecule has 3 aliphatic heterocycles. The smallest absolute Gasteiger partial charge is 0.187 e. The average molecular weight is 611 g/mol. The molecule has 0 radical (unpaired) electrons. The van der Waals surface area contributed by atoms with E-state index in [9.17, 15) is 51.1 Å². The van der Waals surface area contributed by atoms with Gasteiger partial charge in [-0.15, -0.1) is 0 Å². The molecule has 5 aliphatic rings. The maximum absolute atomic E-state index is 11.0. The minimum absolute atomic E-state index is 0.0336. The summed E-state index contributed by atoms with van der Waals surface area (Å²) < 4.78 is 30.0. The number of hydrogen-bond donors (Lipinski definition) is 10. The summed E-state index contributed by atoms with van der Waals surface area (Å²) in [6, 6.07) is 0. The van der Waals surface area contributed by atoms with Crippen LogP contribution in [0.3, 0.4) is 0 Å². The van der Waals surface area contributed by atoms with Gasteiger partial charge in [0.1, 0.15) is 48.8 Å². The zero-order valence-corrected chi connectivity index (χ0v) is 23.3. The first-order valence-electron chi connectivity index (χ1n) is 15.0. The molecule has 42 heavy (non-hydrogen) atoms. The maximum Gasteiger partial charge on any atom is 0.187 e. The molecule has 15 nitrogen and oxygen atoms in total.